The van der Waals surface area contributed by atoms with Crippen LogP contribution in [0.3, 0.4) is 0 Å². The van der Waals surface area contributed by atoms with Gasteiger partial charge in [-0.3, -0.25) is 14.4 Å². The van der Waals surface area contributed by atoms with E-state index in [4.69, 9.17) is 21.6 Å². The van der Waals surface area contributed by atoms with Crippen LogP contribution in [-0.4, -0.2) is 64.0 Å². The van der Waals surface area contributed by atoms with Gasteiger partial charge in [0.05, 0.1) is 0 Å². The zero-order valence-corrected chi connectivity index (χ0v) is 28.9. The van der Waals surface area contributed by atoms with Crippen LogP contribution in [0.25, 0.3) is 0 Å². The minimum Gasteiger partial charge on any atom is -0.458 e. The van der Waals surface area contributed by atoms with Crippen molar-refractivity contribution >= 4 is 29.8 Å². The summed E-state index contributed by atoms with van der Waals surface area (Å²) in [5.74, 6) is 0.0479. The topological polar surface area (TPSA) is 157 Å². The fourth-order valence-corrected chi connectivity index (χ4v) is 5.21. The van der Waals surface area contributed by atoms with Crippen molar-refractivity contribution in [1.29, 1.82) is 0 Å². The van der Waals surface area contributed by atoms with Gasteiger partial charge in [-0.05, 0) is 83.6 Å². The number of carbonyl (C=O) groups excluding carboxylic acids is 5. The minimum atomic E-state index is -1.24. The zero-order valence-electron chi connectivity index (χ0n) is 28.9. The van der Waals surface area contributed by atoms with Crippen molar-refractivity contribution in [1.82, 2.24) is 15.5 Å². The largest absolute Gasteiger partial charge is 0.458 e. The molecule has 2 aromatic carbocycles. The van der Waals surface area contributed by atoms with Crippen LogP contribution in [0.1, 0.15) is 90.5 Å². The summed E-state index contributed by atoms with van der Waals surface area (Å²) in [5.41, 5.74) is 5.54. The molecule has 4 amide bonds. The molecule has 5 atom stereocenters. The second-order valence-corrected chi connectivity index (χ2v) is 14.2. The Hall–Kier alpha value is -4.85. The number of primary amides is 1. The number of esters is 1. The van der Waals surface area contributed by atoms with Crippen molar-refractivity contribution < 1.29 is 33.4 Å². The molecule has 0 bridgehead atoms. The second-order valence-electron chi connectivity index (χ2n) is 14.2. The molecule has 258 valence electrons. The quantitative estimate of drug-likeness (QED) is 0.215. The first-order valence-electron chi connectivity index (χ1n) is 16.1. The van der Waals surface area contributed by atoms with Crippen LogP contribution < -0.4 is 16.4 Å². The number of rotatable bonds is 13. The summed E-state index contributed by atoms with van der Waals surface area (Å²) < 4.78 is 11.1. The average Bonchev–Trinajstić information content (AvgIpc) is 3.71. The molecule has 11 heteroatoms. The zero-order chi connectivity index (χ0) is 35.8. The van der Waals surface area contributed by atoms with Crippen molar-refractivity contribution in [2.45, 2.75) is 110 Å². The highest BCUT2D eigenvalue weighted by molar-refractivity contribution is 5.94. The molecule has 11 nitrogen and oxygen atoms in total. The predicted octanol–water partition coefficient (Wildman–Crippen LogP) is 4.17. The molecular weight excluding hydrogens is 612 g/mol. The lowest BCUT2D eigenvalue weighted by atomic mass is 9.98. The van der Waals surface area contributed by atoms with Gasteiger partial charge < -0.3 is 30.7 Å². The highest BCUT2D eigenvalue weighted by atomic mass is 16.6. The maximum Gasteiger partial charge on any atom is 0.408 e. The highest BCUT2D eigenvalue weighted by Crippen LogP contribution is 2.41. The summed E-state index contributed by atoms with van der Waals surface area (Å²) in [4.78, 5) is 68.6. The number of carbonyl (C=O) groups is 5. The maximum absolute atomic E-state index is 14.5. The van der Waals surface area contributed by atoms with Crippen molar-refractivity contribution in [3.05, 3.63) is 71.3 Å². The number of amides is 4. The summed E-state index contributed by atoms with van der Waals surface area (Å²) in [6.07, 6.45) is 5.14. The van der Waals surface area contributed by atoms with Crippen LogP contribution in [0.4, 0.5) is 4.79 Å². The summed E-state index contributed by atoms with van der Waals surface area (Å²) >= 11 is 0. The van der Waals surface area contributed by atoms with Crippen molar-refractivity contribution in [2.24, 2.45) is 11.7 Å². The fraction of sp³-hybridized carbons (Fsp3) is 0.486. The van der Waals surface area contributed by atoms with Crippen molar-refractivity contribution in [3.8, 4) is 12.3 Å². The first kappa shape index (κ1) is 37.6. The van der Waals surface area contributed by atoms with Gasteiger partial charge in [-0.25, -0.2) is 9.59 Å². The number of hydrogen-bond acceptors (Lipinski definition) is 7. The van der Waals surface area contributed by atoms with E-state index in [-0.39, 0.29) is 31.2 Å². The van der Waals surface area contributed by atoms with Crippen LogP contribution in [0.5, 0.6) is 0 Å². The average molecular weight is 661 g/mol. The number of nitrogens with two attached hydrogens (primary N) is 1. The van der Waals surface area contributed by atoms with Gasteiger partial charge in [0.25, 0.3) is 0 Å². The summed E-state index contributed by atoms with van der Waals surface area (Å²) in [5, 5.41) is 5.47. The Balaban J connectivity index is 2.09. The Bertz CT molecular complexity index is 1500. The van der Waals surface area contributed by atoms with E-state index in [2.05, 4.69) is 16.6 Å². The standard InChI is InChI=1S/C37H48N4O7/c1-9-24-15-17-26(18-16-24)31(32(43)39-28(34(45)47-36(3,4)5)22-25-13-11-10-12-14-25)41(29-21-23(29)2)33(44)27(19-20-30(38)42)40-35(46)48-37(6,7)8/h1,10-18,23,27-29,31H,19-22H2,2-8H3,(H2,38,42)(H,39,43)(H,40,46). The van der Waals surface area contributed by atoms with E-state index in [0.717, 1.165) is 5.56 Å². The normalized spacial score (nSPS) is 17.5. The van der Waals surface area contributed by atoms with Crippen molar-refractivity contribution in [2.75, 3.05) is 0 Å². The highest BCUT2D eigenvalue weighted by Gasteiger charge is 2.48. The third kappa shape index (κ3) is 11.4. The molecule has 1 aliphatic carbocycles. The molecule has 0 spiro atoms. The Morgan fingerprint density at radius 2 is 1.50 bits per heavy atom. The first-order valence-corrected chi connectivity index (χ1v) is 16.1. The van der Waals surface area contributed by atoms with Crippen molar-refractivity contribution in [3.63, 3.8) is 0 Å². The van der Waals surface area contributed by atoms with Gasteiger partial charge in [0.1, 0.15) is 29.3 Å². The fourth-order valence-electron chi connectivity index (χ4n) is 5.21. The van der Waals surface area contributed by atoms with Gasteiger partial charge in [0.2, 0.25) is 17.7 Å². The van der Waals surface area contributed by atoms with Gasteiger partial charge in [-0.15, -0.1) is 6.42 Å². The minimum absolute atomic E-state index is 0.0264. The van der Waals surface area contributed by atoms with Gasteiger partial charge in [-0.2, -0.15) is 0 Å². The first-order chi connectivity index (χ1) is 22.4. The van der Waals surface area contributed by atoms with Gasteiger partial charge in [0, 0.05) is 24.4 Å². The molecule has 5 unspecified atom stereocenters. The number of benzene rings is 2. The predicted molar refractivity (Wildman–Crippen MR) is 181 cm³/mol. The summed E-state index contributed by atoms with van der Waals surface area (Å²) in [7, 11) is 0. The van der Waals surface area contributed by atoms with Crippen LogP contribution >= 0.6 is 0 Å². The third-order valence-corrected chi connectivity index (χ3v) is 7.56. The Kier molecular flexibility index (Phi) is 12.4. The van der Waals surface area contributed by atoms with E-state index >= 15 is 0 Å². The number of hydrogen-bond donors (Lipinski definition) is 3. The molecule has 1 aliphatic rings. The van der Waals surface area contributed by atoms with E-state index in [1.807, 2.05) is 37.3 Å². The molecule has 0 aromatic heterocycles. The smallest absolute Gasteiger partial charge is 0.408 e. The summed E-state index contributed by atoms with van der Waals surface area (Å²) in [6, 6.07) is 11.9. The lowest BCUT2D eigenvalue weighted by molar-refractivity contribution is -0.159. The SMILES string of the molecule is C#Cc1ccc(C(C(=O)NC(Cc2ccccc2)C(=O)OC(C)(C)C)N(C(=O)C(CCC(N)=O)NC(=O)OC(C)(C)C)C2CC2C)cc1. The number of ether oxygens (including phenoxy) is 2. The molecular formula is C37H48N4O7. The van der Waals surface area contributed by atoms with Gasteiger partial charge in [-0.1, -0.05) is 55.3 Å². The lowest BCUT2D eigenvalue weighted by Gasteiger charge is -2.36. The molecule has 0 radical (unpaired) electrons. The van der Waals surface area contributed by atoms with E-state index in [1.165, 1.54) is 4.90 Å². The molecule has 0 aliphatic heterocycles. The second kappa shape index (κ2) is 15.8. The van der Waals surface area contributed by atoms with Crippen LogP contribution in [0.15, 0.2) is 54.6 Å². The molecule has 2 aromatic rings. The molecule has 1 saturated carbocycles. The Labute approximate surface area is 283 Å². The summed E-state index contributed by atoms with van der Waals surface area (Å²) in [6.45, 7) is 12.2. The molecule has 0 saturated heterocycles. The number of alkyl carbamates (subject to hydrolysis) is 1. The van der Waals surface area contributed by atoms with Crippen LogP contribution in [-0.2, 0) is 35.1 Å². The van der Waals surface area contributed by atoms with Gasteiger partial charge in [0.15, 0.2) is 0 Å². The Morgan fingerprint density at radius 3 is 2.00 bits per heavy atom. The molecule has 1 fully saturated rings. The maximum atomic E-state index is 14.5. The number of nitrogens with zero attached hydrogens (tertiary/aromatic N) is 1. The monoisotopic (exact) mass is 660 g/mol. The molecule has 4 N–H and O–H groups in total. The molecule has 48 heavy (non-hydrogen) atoms. The number of nitrogens with one attached hydrogen (secondary N) is 2. The van der Waals surface area contributed by atoms with E-state index in [9.17, 15) is 24.0 Å². The van der Waals surface area contributed by atoms with Crippen LogP contribution in [0.2, 0.25) is 0 Å². The number of terminal acetylenes is 1. The molecule has 3 rings (SSSR count). The third-order valence-electron chi connectivity index (χ3n) is 7.56. The lowest BCUT2D eigenvalue weighted by Crippen LogP contribution is -2.56. The molecule has 0 heterocycles. The van der Waals surface area contributed by atoms with E-state index in [0.29, 0.717) is 17.5 Å². The van der Waals surface area contributed by atoms with E-state index < -0.39 is 59.1 Å². The van der Waals surface area contributed by atoms with E-state index in [1.54, 1.807) is 65.8 Å². The Morgan fingerprint density at radius 1 is 0.917 bits per heavy atom. The van der Waals surface area contributed by atoms with Crippen LogP contribution in [0, 0.1) is 18.3 Å². The van der Waals surface area contributed by atoms with Gasteiger partial charge >= 0.3 is 12.1 Å².